The zero-order valence-electron chi connectivity index (χ0n) is 12.6. The Kier molecular flexibility index (Phi) is 5.16. The van der Waals surface area contributed by atoms with Gasteiger partial charge in [0, 0.05) is 25.9 Å². The number of methoxy groups -OCH3 is 1. The van der Waals surface area contributed by atoms with E-state index in [-0.39, 0.29) is 18.0 Å². The van der Waals surface area contributed by atoms with Gasteiger partial charge in [0.15, 0.2) is 0 Å². The Balaban J connectivity index is 2.07. The fourth-order valence-electron chi connectivity index (χ4n) is 2.06. The molecule has 6 heteroatoms. The van der Waals surface area contributed by atoms with Crippen molar-refractivity contribution in [1.29, 1.82) is 0 Å². The van der Waals surface area contributed by atoms with Crippen LogP contribution in [0.4, 0.5) is 0 Å². The second-order valence-corrected chi connectivity index (χ2v) is 4.84. The zero-order chi connectivity index (χ0) is 15.2. The van der Waals surface area contributed by atoms with E-state index in [0.717, 1.165) is 12.2 Å². The topological polar surface area (TPSA) is 69.3 Å². The highest BCUT2D eigenvalue weighted by atomic mass is 16.5. The predicted molar refractivity (Wildman–Crippen MR) is 77.8 cm³/mol. The Bertz CT molecular complexity index is 562. The molecule has 2 heterocycles. The molecule has 0 aromatic carbocycles. The van der Waals surface area contributed by atoms with Crippen molar-refractivity contribution in [2.45, 2.75) is 32.4 Å². The highest BCUT2D eigenvalue weighted by molar-refractivity contribution is 5.80. The first-order chi connectivity index (χ1) is 10.2. The number of rotatable bonds is 7. The average Bonchev–Trinajstić information content (AvgIpc) is 3.16. The second-order valence-electron chi connectivity index (χ2n) is 4.84. The summed E-state index contributed by atoms with van der Waals surface area (Å²) in [6, 6.07) is 4.89. The number of hydrogen-bond donors (Lipinski definition) is 1. The van der Waals surface area contributed by atoms with Crippen molar-refractivity contribution >= 4 is 5.91 Å². The van der Waals surface area contributed by atoms with Crippen LogP contribution in [-0.4, -0.2) is 29.4 Å². The van der Waals surface area contributed by atoms with Crippen LogP contribution >= 0.6 is 0 Å². The summed E-state index contributed by atoms with van der Waals surface area (Å²) in [5.41, 5.74) is 0. The van der Waals surface area contributed by atoms with Crippen LogP contribution in [0.2, 0.25) is 0 Å². The first-order valence-corrected chi connectivity index (χ1v) is 7.02. The van der Waals surface area contributed by atoms with Crippen LogP contribution in [0.5, 0.6) is 0 Å². The van der Waals surface area contributed by atoms with Crippen LogP contribution in [0.1, 0.15) is 37.5 Å². The number of carbonyl (C=O) groups is 1. The SMILES string of the molecule is CCc1ccc([C@@H](COC)NC(=O)[C@H](C)n2cccn2)o1. The number of ether oxygens (including phenoxy) is 1. The molecule has 2 rings (SSSR count). The third kappa shape index (κ3) is 3.72. The van der Waals surface area contributed by atoms with E-state index < -0.39 is 0 Å². The van der Waals surface area contributed by atoms with Crippen LogP contribution in [0.15, 0.2) is 35.0 Å². The Morgan fingerprint density at radius 3 is 2.90 bits per heavy atom. The minimum absolute atomic E-state index is 0.129. The van der Waals surface area contributed by atoms with Crippen molar-refractivity contribution in [3.8, 4) is 0 Å². The van der Waals surface area contributed by atoms with E-state index in [4.69, 9.17) is 9.15 Å². The average molecular weight is 291 g/mol. The van der Waals surface area contributed by atoms with E-state index in [2.05, 4.69) is 10.4 Å². The van der Waals surface area contributed by atoms with Gasteiger partial charge in [0.25, 0.3) is 0 Å². The lowest BCUT2D eigenvalue weighted by molar-refractivity contribution is -0.125. The van der Waals surface area contributed by atoms with Crippen molar-refractivity contribution in [1.82, 2.24) is 15.1 Å². The summed E-state index contributed by atoms with van der Waals surface area (Å²) in [5, 5.41) is 7.02. The third-order valence-electron chi connectivity index (χ3n) is 3.33. The Labute approximate surface area is 124 Å². The fourth-order valence-corrected chi connectivity index (χ4v) is 2.06. The number of nitrogens with one attached hydrogen (secondary N) is 1. The number of aryl methyl sites for hydroxylation is 1. The molecule has 0 bridgehead atoms. The largest absolute Gasteiger partial charge is 0.464 e. The molecular weight excluding hydrogens is 270 g/mol. The Hall–Kier alpha value is -2.08. The molecule has 1 amide bonds. The van der Waals surface area contributed by atoms with Crippen LogP contribution < -0.4 is 5.32 Å². The lowest BCUT2D eigenvalue weighted by atomic mass is 10.2. The van der Waals surface area contributed by atoms with Crippen molar-refractivity contribution in [2.75, 3.05) is 13.7 Å². The number of aromatic nitrogens is 2. The maximum Gasteiger partial charge on any atom is 0.245 e. The zero-order valence-corrected chi connectivity index (χ0v) is 12.6. The molecule has 0 aliphatic carbocycles. The quantitative estimate of drug-likeness (QED) is 0.848. The molecule has 1 N–H and O–H groups in total. The van der Waals surface area contributed by atoms with E-state index in [1.807, 2.05) is 19.1 Å². The molecule has 2 atom stereocenters. The van der Waals surface area contributed by atoms with E-state index in [1.165, 1.54) is 0 Å². The molecule has 0 saturated heterocycles. The van der Waals surface area contributed by atoms with Gasteiger partial charge in [-0.15, -0.1) is 0 Å². The summed E-state index contributed by atoms with van der Waals surface area (Å²) < 4.78 is 12.5. The first-order valence-electron chi connectivity index (χ1n) is 7.02. The maximum atomic E-state index is 12.3. The Morgan fingerprint density at radius 1 is 1.52 bits per heavy atom. The number of nitrogens with zero attached hydrogens (tertiary/aromatic N) is 2. The van der Waals surface area contributed by atoms with Crippen molar-refractivity contribution in [3.63, 3.8) is 0 Å². The molecule has 0 saturated carbocycles. The number of carbonyl (C=O) groups excluding carboxylic acids is 1. The molecule has 6 nitrogen and oxygen atoms in total. The van der Waals surface area contributed by atoms with Crippen molar-refractivity contribution in [3.05, 3.63) is 42.1 Å². The molecular formula is C15H21N3O3. The minimum Gasteiger partial charge on any atom is -0.464 e. The van der Waals surface area contributed by atoms with E-state index in [1.54, 1.807) is 37.2 Å². The monoisotopic (exact) mass is 291 g/mol. The van der Waals surface area contributed by atoms with Crippen LogP contribution in [0.3, 0.4) is 0 Å². The van der Waals surface area contributed by atoms with Gasteiger partial charge in [0.1, 0.15) is 23.6 Å². The summed E-state index contributed by atoms with van der Waals surface area (Å²) >= 11 is 0. The predicted octanol–water partition coefficient (Wildman–Crippen LogP) is 2.10. The third-order valence-corrected chi connectivity index (χ3v) is 3.33. The Morgan fingerprint density at radius 2 is 2.33 bits per heavy atom. The van der Waals surface area contributed by atoms with Gasteiger partial charge in [-0.05, 0) is 25.1 Å². The number of amides is 1. The van der Waals surface area contributed by atoms with Gasteiger partial charge in [-0.3, -0.25) is 9.48 Å². The summed E-state index contributed by atoms with van der Waals surface area (Å²) in [6.45, 7) is 4.17. The van der Waals surface area contributed by atoms with Gasteiger partial charge in [-0.1, -0.05) is 6.92 Å². The van der Waals surface area contributed by atoms with Gasteiger partial charge < -0.3 is 14.5 Å². The number of furan rings is 1. The fraction of sp³-hybridized carbons (Fsp3) is 0.467. The van der Waals surface area contributed by atoms with E-state index in [0.29, 0.717) is 12.4 Å². The molecule has 21 heavy (non-hydrogen) atoms. The summed E-state index contributed by atoms with van der Waals surface area (Å²) in [7, 11) is 1.60. The molecule has 2 aromatic rings. The van der Waals surface area contributed by atoms with E-state index >= 15 is 0 Å². The molecule has 0 aliphatic heterocycles. The van der Waals surface area contributed by atoms with Crippen LogP contribution in [0, 0.1) is 0 Å². The lowest BCUT2D eigenvalue weighted by Crippen LogP contribution is -2.36. The summed E-state index contributed by atoms with van der Waals surface area (Å²) in [5.74, 6) is 1.46. The molecule has 0 radical (unpaired) electrons. The first kappa shape index (κ1) is 15.3. The smallest absolute Gasteiger partial charge is 0.245 e. The van der Waals surface area contributed by atoms with Gasteiger partial charge >= 0.3 is 0 Å². The molecule has 0 aliphatic rings. The molecule has 0 spiro atoms. The molecule has 0 unspecified atom stereocenters. The van der Waals surface area contributed by atoms with Gasteiger partial charge in [-0.2, -0.15) is 5.10 Å². The van der Waals surface area contributed by atoms with Gasteiger partial charge in [0.05, 0.1) is 6.61 Å². The van der Waals surface area contributed by atoms with Crippen LogP contribution in [0.25, 0.3) is 0 Å². The summed E-state index contributed by atoms with van der Waals surface area (Å²) in [4.78, 5) is 12.3. The van der Waals surface area contributed by atoms with Gasteiger partial charge in [-0.25, -0.2) is 0 Å². The standard InChI is InChI=1S/C15H21N3O3/c1-4-12-6-7-14(21-12)13(10-20-3)17-15(19)11(2)18-9-5-8-16-18/h5-9,11,13H,4,10H2,1-3H3,(H,17,19)/t11-,13+/m0/s1. The van der Waals surface area contributed by atoms with Crippen molar-refractivity contribution in [2.24, 2.45) is 0 Å². The highest BCUT2D eigenvalue weighted by Crippen LogP contribution is 2.18. The van der Waals surface area contributed by atoms with Crippen LogP contribution in [-0.2, 0) is 16.0 Å². The summed E-state index contributed by atoms with van der Waals surface area (Å²) in [6.07, 6.45) is 4.23. The molecule has 0 fully saturated rings. The van der Waals surface area contributed by atoms with Crippen molar-refractivity contribution < 1.29 is 13.9 Å². The maximum absolute atomic E-state index is 12.3. The normalized spacial score (nSPS) is 13.9. The molecule has 114 valence electrons. The second kappa shape index (κ2) is 7.08. The minimum atomic E-state index is -0.389. The van der Waals surface area contributed by atoms with E-state index in [9.17, 15) is 4.79 Å². The molecule has 2 aromatic heterocycles. The highest BCUT2D eigenvalue weighted by Gasteiger charge is 2.22. The number of hydrogen-bond acceptors (Lipinski definition) is 4. The lowest BCUT2D eigenvalue weighted by Gasteiger charge is -2.19. The van der Waals surface area contributed by atoms with Gasteiger partial charge in [0.2, 0.25) is 5.91 Å².